The van der Waals surface area contributed by atoms with Gasteiger partial charge in [0.05, 0.1) is 0 Å². The van der Waals surface area contributed by atoms with Crippen LogP contribution in [0.4, 0.5) is 0 Å². The minimum Gasteiger partial charge on any atom is -0.507 e. The molecule has 1 rings (SSSR count). The van der Waals surface area contributed by atoms with Crippen LogP contribution in [0.1, 0.15) is 29.3 Å². The average molecular weight is 233 g/mol. The number of carbonyl (C=O) groups excluding carboxylic acids is 2. The summed E-state index contributed by atoms with van der Waals surface area (Å²) in [4.78, 5) is 21.2. The second-order valence-electron chi connectivity index (χ2n) is 3.61. The highest BCUT2D eigenvalue weighted by atomic mass is 16.3. The van der Waals surface area contributed by atoms with Crippen molar-refractivity contribution in [3.05, 3.63) is 35.4 Å². The average Bonchev–Trinajstić information content (AvgIpc) is 2.30. The highest BCUT2D eigenvalue weighted by molar-refractivity contribution is 5.77. The molecular formula is C13H15NO3. The molecule has 0 atom stereocenters. The number of hydrogen-bond donors (Lipinski definition) is 2. The van der Waals surface area contributed by atoms with E-state index in [0.717, 1.165) is 6.29 Å². The van der Waals surface area contributed by atoms with Crippen molar-refractivity contribution in [1.82, 2.24) is 5.32 Å². The summed E-state index contributed by atoms with van der Waals surface area (Å²) in [6.07, 6.45) is 4.96. The Labute approximate surface area is 100.0 Å². The van der Waals surface area contributed by atoms with Gasteiger partial charge in [0.15, 0.2) is 0 Å². The summed E-state index contributed by atoms with van der Waals surface area (Å²) >= 11 is 0. The fourth-order valence-corrected chi connectivity index (χ4v) is 1.32. The van der Waals surface area contributed by atoms with Gasteiger partial charge >= 0.3 is 0 Å². The molecule has 0 saturated carbocycles. The maximum absolute atomic E-state index is 10.6. The zero-order valence-electron chi connectivity index (χ0n) is 9.64. The van der Waals surface area contributed by atoms with Gasteiger partial charge < -0.3 is 10.4 Å². The molecule has 0 aliphatic rings. The predicted octanol–water partition coefficient (Wildman–Crippen LogP) is 1.74. The lowest BCUT2D eigenvalue weighted by atomic mass is 10.1. The van der Waals surface area contributed by atoms with Gasteiger partial charge in [-0.25, -0.2) is 0 Å². The van der Waals surface area contributed by atoms with Gasteiger partial charge in [0.1, 0.15) is 12.0 Å². The van der Waals surface area contributed by atoms with Gasteiger partial charge in [0.2, 0.25) is 5.91 Å². The Balaban J connectivity index is 2.58. The third-order valence-corrected chi connectivity index (χ3v) is 2.17. The van der Waals surface area contributed by atoms with Crippen molar-refractivity contribution in [2.45, 2.75) is 13.3 Å². The standard InChI is InChI=1S/C13H15NO3/c1-10(16)14-7-3-2-4-12-8-11(9-15)5-6-13(12)17/h2,4-6,8-9,17H,3,7H2,1H3,(H,14,16). The van der Waals surface area contributed by atoms with E-state index in [1.807, 2.05) is 6.08 Å². The normalized spacial score (nSPS) is 10.4. The lowest BCUT2D eigenvalue weighted by molar-refractivity contribution is -0.118. The van der Waals surface area contributed by atoms with Crippen LogP contribution in [-0.2, 0) is 4.79 Å². The Bertz CT molecular complexity index is 438. The maximum Gasteiger partial charge on any atom is 0.216 e. The molecule has 0 aliphatic carbocycles. The minimum atomic E-state index is -0.0656. The number of hydrogen-bond acceptors (Lipinski definition) is 3. The Morgan fingerprint density at radius 1 is 1.47 bits per heavy atom. The van der Waals surface area contributed by atoms with Gasteiger partial charge in [-0.1, -0.05) is 12.2 Å². The molecule has 0 saturated heterocycles. The first kappa shape index (κ1) is 13.0. The lowest BCUT2D eigenvalue weighted by Gasteiger charge is -2.00. The number of nitrogens with one attached hydrogen (secondary N) is 1. The van der Waals surface area contributed by atoms with Crippen LogP contribution >= 0.6 is 0 Å². The number of phenolic OH excluding ortho intramolecular Hbond substituents is 1. The van der Waals surface area contributed by atoms with Crippen LogP contribution in [0.15, 0.2) is 24.3 Å². The van der Waals surface area contributed by atoms with Gasteiger partial charge in [-0.05, 0) is 24.6 Å². The molecule has 4 heteroatoms. The summed E-state index contributed by atoms with van der Waals surface area (Å²) in [7, 11) is 0. The van der Waals surface area contributed by atoms with E-state index in [2.05, 4.69) is 5.32 Å². The first-order valence-electron chi connectivity index (χ1n) is 5.32. The molecule has 1 aromatic rings. The van der Waals surface area contributed by atoms with Crippen LogP contribution in [0.5, 0.6) is 5.75 Å². The number of amides is 1. The first-order chi connectivity index (χ1) is 8.13. The zero-order chi connectivity index (χ0) is 12.7. The van der Waals surface area contributed by atoms with Gasteiger partial charge in [-0.3, -0.25) is 9.59 Å². The van der Waals surface area contributed by atoms with E-state index in [0.29, 0.717) is 24.1 Å². The highest BCUT2D eigenvalue weighted by Crippen LogP contribution is 2.19. The van der Waals surface area contributed by atoms with E-state index in [1.165, 1.54) is 13.0 Å². The molecule has 2 N–H and O–H groups in total. The van der Waals surface area contributed by atoms with E-state index < -0.39 is 0 Å². The molecule has 1 amide bonds. The molecule has 0 spiro atoms. The number of phenols is 1. The van der Waals surface area contributed by atoms with Crippen molar-refractivity contribution in [2.24, 2.45) is 0 Å². The largest absolute Gasteiger partial charge is 0.507 e. The second-order valence-corrected chi connectivity index (χ2v) is 3.61. The summed E-state index contributed by atoms with van der Waals surface area (Å²) < 4.78 is 0. The van der Waals surface area contributed by atoms with Crippen LogP contribution in [0, 0.1) is 0 Å². The summed E-state index contributed by atoms with van der Waals surface area (Å²) in [6.45, 7) is 2.02. The van der Waals surface area contributed by atoms with Crippen molar-refractivity contribution in [2.75, 3.05) is 6.54 Å². The Kier molecular flexibility index (Phi) is 4.94. The highest BCUT2D eigenvalue weighted by Gasteiger charge is 1.98. The van der Waals surface area contributed by atoms with Crippen LogP contribution in [0.25, 0.3) is 6.08 Å². The van der Waals surface area contributed by atoms with E-state index in [9.17, 15) is 14.7 Å². The van der Waals surface area contributed by atoms with E-state index in [1.54, 1.807) is 18.2 Å². The lowest BCUT2D eigenvalue weighted by Crippen LogP contribution is -2.20. The molecule has 0 aliphatic heterocycles. The monoisotopic (exact) mass is 233 g/mol. The molecular weight excluding hydrogens is 218 g/mol. The topological polar surface area (TPSA) is 66.4 Å². The molecule has 0 fully saturated rings. The third-order valence-electron chi connectivity index (χ3n) is 2.17. The Morgan fingerprint density at radius 3 is 2.88 bits per heavy atom. The van der Waals surface area contributed by atoms with Crippen LogP contribution < -0.4 is 5.32 Å². The van der Waals surface area contributed by atoms with E-state index in [-0.39, 0.29) is 11.7 Å². The number of carbonyl (C=O) groups is 2. The molecule has 0 aromatic heterocycles. The van der Waals surface area contributed by atoms with Crippen molar-refractivity contribution in [1.29, 1.82) is 0 Å². The maximum atomic E-state index is 10.6. The Hall–Kier alpha value is -2.10. The summed E-state index contributed by atoms with van der Waals surface area (Å²) in [6, 6.07) is 4.64. The van der Waals surface area contributed by atoms with Gasteiger partial charge in [0.25, 0.3) is 0 Å². The second kappa shape index (κ2) is 6.48. The number of rotatable bonds is 5. The quantitative estimate of drug-likeness (QED) is 0.601. The molecule has 4 nitrogen and oxygen atoms in total. The summed E-state index contributed by atoms with van der Waals surface area (Å²) in [5.74, 6) is 0.0653. The number of benzene rings is 1. The van der Waals surface area contributed by atoms with Crippen LogP contribution in [0.3, 0.4) is 0 Å². The molecule has 0 radical (unpaired) electrons. The van der Waals surface area contributed by atoms with Gasteiger partial charge in [-0.2, -0.15) is 0 Å². The SMILES string of the molecule is CC(=O)NCCC=Cc1cc(C=O)ccc1O. The first-order valence-corrected chi connectivity index (χ1v) is 5.32. The smallest absolute Gasteiger partial charge is 0.216 e. The minimum absolute atomic E-state index is 0.0656. The molecule has 90 valence electrons. The van der Waals surface area contributed by atoms with E-state index in [4.69, 9.17) is 0 Å². The molecule has 1 aromatic carbocycles. The summed E-state index contributed by atoms with van der Waals surface area (Å²) in [5, 5.41) is 12.2. The molecule has 0 bridgehead atoms. The fraction of sp³-hybridized carbons (Fsp3) is 0.231. The van der Waals surface area contributed by atoms with Gasteiger partial charge in [-0.15, -0.1) is 0 Å². The summed E-state index contributed by atoms with van der Waals surface area (Å²) in [5.41, 5.74) is 1.11. The van der Waals surface area contributed by atoms with Crippen molar-refractivity contribution < 1.29 is 14.7 Å². The van der Waals surface area contributed by atoms with Crippen LogP contribution in [0.2, 0.25) is 0 Å². The van der Waals surface area contributed by atoms with E-state index >= 15 is 0 Å². The molecule has 0 heterocycles. The number of aldehydes is 1. The fourth-order valence-electron chi connectivity index (χ4n) is 1.32. The zero-order valence-corrected chi connectivity index (χ0v) is 9.64. The van der Waals surface area contributed by atoms with Crippen molar-refractivity contribution >= 4 is 18.3 Å². The number of aromatic hydroxyl groups is 1. The van der Waals surface area contributed by atoms with Crippen LogP contribution in [-0.4, -0.2) is 23.8 Å². The third kappa shape index (κ3) is 4.51. The molecule has 0 unspecified atom stereocenters. The van der Waals surface area contributed by atoms with Crippen molar-refractivity contribution in [3.63, 3.8) is 0 Å². The molecule has 17 heavy (non-hydrogen) atoms. The van der Waals surface area contributed by atoms with Gasteiger partial charge in [0, 0.05) is 24.6 Å². The van der Waals surface area contributed by atoms with Crippen molar-refractivity contribution in [3.8, 4) is 5.75 Å². The predicted molar refractivity (Wildman–Crippen MR) is 65.8 cm³/mol. The Morgan fingerprint density at radius 2 is 2.24 bits per heavy atom.